The number of benzene rings is 2. The lowest BCUT2D eigenvalue weighted by Crippen LogP contribution is -2.21. The minimum Gasteiger partial charge on any atom is -0.496 e. The van der Waals surface area contributed by atoms with Crippen molar-refractivity contribution in [1.29, 1.82) is 0 Å². The number of nitrogens with zero attached hydrogens (tertiary/aromatic N) is 3. The predicted octanol–water partition coefficient (Wildman–Crippen LogP) is 3.60. The molecule has 4 aromatic rings. The Labute approximate surface area is 220 Å². The van der Waals surface area contributed by atoms with Gasteiger partial charge >= 0.3 is 12.0 Å². The highest BCUT2D eigenvalue weighted by Gasteiger charge is 2.28. The highest BCUT2D eigenvalue weighted by Crippen LogP contribution is 2.29. The zero-order valence-electron chi connectivity index (χ0n) is 20.3. The molecule has 2 amide bonds. The van der Waals surface area contributed by atoms with Gasteiger partial charge in [0.25, 0.3) is 9.84 Å². The van der Waals surface area contributed by atoms with Crippen molar-refractivity contribution in [3.8, 4) is 5.75 Å². The van der Waals surface area contributed by atoms with Crippen LogP contribution in [0.4, 0.5) is 15.6 Å². The van der Waals surface area contributed by atoms with E-state index in [9.17, 15) is 22.8 Å². The van der Waals surface area contributed by atoms with Gasteiger partial charge in [0.2, 0.25) is 5.16 Å². The first-order chi connectivity index (χ1) is 18.0. The maximum absolute atomic E-state index is 13.3. The van der Waals surface area contributed by atoms with E-state index in [-0.39, 0.29) is 26.4 Å². The molecule has 0 bridgehead atoms. The Balaban J connectivity index is 1.55. The molecule has 38 heavy (non-hydrogen) atoms. The third kappa shape index (κ3) is 5.26. The summed E-state index contributed by atoms with van der Waals surface area (Å²) in [5.41, 5.74) is 1.15. The molecule has 0 saturated carbocycles. The maximum atomic E-state index is 13.3. The van der Waals surface area contributed by atoms with Crippen LogP contribution in [0.3, 0.4) is 0 Å². The van der Waals surface area contributed by atoms with E-state index in [0.717, 1.165) is 22.5 Å². The number of hydrogen-bond acceptors (Lipinski definition) is 9. The first kappa shape index (κ1) is 26.5. The fourth-order valence-corrected chi connectivity index (χ4v) is 5.98. The molecular weight excluding hydrogens is 534 g/mol. The number of nitrogens with one attached hydrogen (secondary N) is 2. The summed E-state index contributed by atoms with van der Waals surface area (Å²) in [6.07, 6.45) is 2.11. The summed E-state index contributed by atoms with van der Waals surface area (Å²) in [5, 5.41) is 13.6. The van der Waals surface area contributed by atoms with Crippen molar-refractivity contribution < 1.29 is 32.6 Å². The molecule has 2 heterocycles. The number of ketones is 1. The van der Waals surface area contributed by atoms with Gasteiger partial charge in [0.05, 0.1) is 24.6 Å². The number of anilines is 2. The van der Waals surface area contributed by atoms with Crippen LogP contribution >= 0.6 is 11.3 Å². The standard InChI is InChI=1S/C24H21N5O7S2/c1-13-8-9-16(15(10-13)20(30)14-6-4-5-7-18(14)36-3)26-22(33)28-23-25-11-19(37-23)38(34,35)24-27-17(21(31)32)12-29(24)2/h4-12H,1-3H3,(H,31,32)(H2,25,26,28,33). The van der Waals surface area contributed by atoms with Crippen LogP contribution in [0.15, 0.2) is 64.2 Å². The maximum Gasteiger partial charge on any atom is 0.356 e. The topological polar surface area (TPSA) is 170 Å². The van der Waals surface area contributed by atoms with E-state index in [0.29, 0.717) is 22.6 Å². The molecule has 0 atom stereocenters. The largest absolute Gasteiger partial charge is 0.496 e. The number of carboxylic acid groups (broad SMARTS) is 1. The van der Waals surface area contributed by atoms with Gasteiger partial charge in [-0.2, -0.15) is 0 Å². The molecule has 0 unspecified atom stereocenters. The number of amides is 2. The second-order valence-corrected chi connectivity index (χ2v) is 11.1. The lowest BCUT2D eigenvalue weighted by molar-refractivity contribution is 0.0690. The Morgan fingerprint density at radius 3 is 2.50 bits per heavy atom. The number of carboxylic acids is 1. The third-order valence-corrected chi connectivity index (χ3v) is 8.39. The number of para-hydroxylation sites is 1. The molecule has 2 aromatic heterocycles. The van der Waals surface area contributed by atoms with E-state index in [1.54, 1.807) is 49.4 Å². The van der Waals surface area contributed by atoms with Gasteiger partial charge in [-0.15, -0.1) is 0 Å². The molecule has 4 rings (SSSR count). The van der Waals surface area contributed by atoms with Crippen molar-refractivity contribution in [2.24, 2.45) is 7.05 Å². The van der Waals surface area contributed by atoms with Gasteiger partial charge < -0.3 is 19.7 Å². The molecule has 196 valence electrons. The summed E-state index contributed by atoms with van der Waals surface area (Å²) >= 11 is 0.659. The lowest BCUT2D eigenvalue weighted by atomic mass is 9.99. The highest BCUT2D eigenvalue weighted by atomic mass is 32.2. The van der Waals surface area contributed by atoms with E-state index in [4.69, 9.17) is 9.84 Å². The fraction of sp³-hybridized carbons (Fsp3) is 0.125. The smallest absolute Gasteiger partial charge is 0.356 e. The summed E-state index contributed by atoms with van der Waals surface area (Å²) in [6, 6.07) is 10.9. The van der Waals surface area contributed by atoms with Crippen LogP contribution in [0, 0.1) is 6.92 Å². The monoisotopic (exact) mass is 555 g/mol. The van der Waals surface area contributed by atoms with E-state index in [2.05, 4.69) is 20.6 Å². The van der Waals surface area contributed by atoms with Crippen molar-refractivity contribution in [2.75, 3.05) is 17.7 Å². The van der Waals surface area contributed by atoms with Crippen LogP contribution in [-0.2, 0) is 16.9 Å². The molecule has 0 aliphatic rings. The molecule has 12 nitrogen and oxygen atoms in total. The summed E-state index contributed by atoms with van der Waals surface area (Å²) in [5.74, 6) is -1.35. The van der Waals surface area contributed by atoms with Gasteiger partial charge in [-0.1, -0.05) is 35.1 Å². The van der Waals surface area contributed by atoms with Crippen LogP contribution in [0.1, 0.15) is 32.0 Å². The Kier molecular flexibility index (Phi) is 7.28. The number of ether oxygens (including phenoxy) is 1. The SMILES string of the molecule is COc1ccccc1C(=O)c1cc(C)ccc1NC(=O)Nc1ncc(S(=O)(=O)c2nc(C(=O)O)cn2C)s1. The Bertz CT molecular complexity index is 1670. The number of sulfone groups is 1. The molecule has 0 spiro atoms. The van der Waals surface area contributed by atoms with Crippen molar-refractivity contribution in [3.05, 3.63) is 77.2 Å². The Morgan fingerprint density at radius 1 is 1.08 bits per heavy atom. The van der Waals surface area contributed by atoms with E-state index in [1.165, 1.54) is 14.2 Å². The van der Waals surface area contributed by atoms with E-state index >= 15 is 0 Å². The second-order valence-electron chi connectivity index (χ2n) is 7.97. The van der Waals surface area contributed by atoms with Crippen molar-refractivity contribution in [3.63, 3.8) is 0 Å². The molecule has 0 fully saturated rings. The number of aromatic carboxylic acids is 1. The van der Waals surface area contributed by atoms with Gasteiger partial charge in [0.15, 0.2) is 16.6 Å². The summed E-state index contributed by atoms with van der Waals surface area (Å²) in [6.45, 7) is 1.81. The normalized spacial score (nSPS) is 11.1. The zero-order valence-corrected chi connectivity index (χ0v) is 21.9. The predicted molar refractivity (Wildman–Crippen MR) is 138 cm³/mol. The van der Waals surface area contributed by atoms with Gasteiger partial charge in [0.1, 0.15) is 9.96 Å². The van der Waals surface area contributed by atoms with E-state index in [1.807, 2.05) is 0 Å². The highest BCUT2D eigenvalue weighted by molar-refractivity contribution is 7.93. The summed E-state index contributed by atoms with van der Waals surface area (Å²) < 4.78 is 32.0. The van der Waals surface area contributed by atoms with Crippen molar-refractivity contribution in [2.45, 2.75) is 16.3 Å². The lowest BCUT2D eigenvalue weighted by Gasteiger charge is -2.13. The molecule has 2 aromatic carbocycles. The number of rotatable bonds is 8. The molecule has 14 heteroatoms. The first-order valence-electron chi connectivity index (χ1n) is 10.8. The number of aromatic nitrogens is 3. The molecule has 0 saturated heterocycles. The number of carbonyl (C=O) groups is 3. The minimum absolute atomic E-state index is 0.0431. The Morgan fingerprint density at radius 2 is 1.82 bits per heavy atom. The molecular formula is C24H21N5O7S2. The second kappa shape index (κ2) is 10.4. The molecule has 3 N–H and O–H groups in total. The van der Waals surface area contributed by atoms with Crippen molar-refractivity contribution in [1.82, 2.24) is 14.5 Å². The number of imidazole rings is 1. The molecule has 0 aliphatic carbocycles. The van der Waals surface area contributed by atoms with Crippen LogP contribution in [0.25, 0.3) is 0 Å². The van der Waals surface area contributed by atoms with Crippen LogP contribution < -0.4 is 15.4 Å². The fourth-order valence-electron chi connectivity index (χ4n) is 3.52. The number of carbonyl (C=O) groups excluding carboxylic acids is 2. The number of urea groups is 1. The zero-order chi connectivity index (χ0) is 27.6. The summed E-state index contributed by atoms with van der Waals surface area (Å²) in [4.78, 5) is 44.8. The third-order valence-electron chi connectivity index (χ3n) is 5.28. The number of hydrogen-bond donors (Lipinski definition) is 3. The van der Waals surface area contributed by atoms with Crippen LogP contribution in [-0.4, -0.2) is 53.0 Å². The number of aryl methyl sites for hydroxylation is 2. The van der Waals surface area contributed by atoms with Gasteiger partial charge in [0, 0.05) is 18.8 Å². The number of methoxy groups -OCH3 is 1. The Hall–Kier alpha value is -4.56. The molecule has 0 aliphatic heterocycles. The minimum atomic E-state index is -4.20. The average Bonchev–Trinajstić information content (AvgIpc) is 3.52. The van der Waals surface area contributed by atoms with Crippen LogP contribution in [0.5, 0.6) is 5.75 Å². The van der Waals surface area contributed by atoms with Gasteiger partial charge in [-0.25, -0.2) is 28.0 Å². The molecule has 0 radical (unpaired) electrons. The van der Waals surface area contributed by atoms with Crippen LogP contribution in [0.2, 0.25) is 0 Å². The quantitative estimate of drug-likeness (QED) is 0.275. The van der Waals surface area contributed by atoms with Gasteiger partial charge in [-0.05, 0) is 31.2 Å². The summed E-state index contributed by atoms with van der Waals surface area (Å²) in [7, 11) is -1.39. The van der Waals surface area contributed by atoms with Gasteiger partial charge in [-0.3, -0.25) is 10.1 Å². The van der Waals surface area contributed by atoms with Crippen molar-refractivity contribution >= 4 is 49.8 Å². The van der Waals surface area contributed by atoms with E-state index < -0.39 is 32.7 Å². The average molecular weight is 556 g/mol. The number of thiazole rings is 1. The first-order valence-corrected chi connectivity index (χ1v) is 13.1.